The van der Waals surface area contributed by atoms with E-state index in [-0.39, 0.29) is 5.02 Å². The third kappa shape index (κ3) is 2.67. The van der Waals surface area contributed by atoms with Crippen molar-refractivity contribution in [2.75, 3.05) is 5.43 Å². The van der Waals surface area contributed by atoms with E-state index in [1.54, 1.807) is 0 Å². The van der Waals surface area contributed by atoms with Crippen LogP contribution in [0.5, 0.6) is 0 Å². The summed E-state index contributed by atoms with van der Waals surface area (Å²) in [5.41, 5.74) is 1.86. The van der Waals surface area contributed by atoms with Crippen LogP contribution in [-0.2, 0) is 6.18 Å². The average Bonchev–Trinajstić information content (AvgIpc) is 2.02. The van der Waals surface area contributed by atoms with E-state index in [2.05, 4.69) is 10.4 Å². The predicted molar refractivity (Wildman–Crippen MR) is 49.1 cm³/mol. The summed E-state index contributed by atoms with van der Waals surface area (Å²) in [5.74, 6) is 0. The van der Waals surface area contributed by atoms with E-state index in [0.717, 1.165) is 12.1 Å². The Hall–Kier alpha value is -0.650. The molecule has 78 valence electrons. The van der Waals surface area contributed by atoms with Gasteiger partial charge < -0.3 is 5.43 Å². The molecule has 14 heavy (non-hydrogen) atoms. The molecule has 0 heterocycles. The van der Waals surface area contributed by atoms with Gasteiger partial charge in [0.15, 0.2) is 0 Å². The summed E-state index contributed by atoms with van der Waals surface area (Å²) >= 11 is 10.5. The molecule has 0 aliphatic rings. The molecule has 0 saturated heterocycles. The van der Waals surface area contributed by atoms with Gasteiger partial charge >= 0.3 is 6.18 Å². The Kier molecular flexibility index (Phi) is 3.47. The molecule has 0 atom stereocenters. The molecule has 0 aliphatic heterocycles. The van der Waals surface area contributed by atoms with Gasteiger partial charge in [-0.05, 0) is 30.0 Å². The summed E-state index contributed by atoms with van der Waals surface area (Å²) in [4.78, 5) is 2.05. The van der Waals surface area contributed by atoms with E-state index in [4.69, 9.17) is 23.4 Å². The van der Waals surface area contributed by atoms with Crippen molar-refractivity contribution >= 4 is 29.1 Å². The number of alkyl halides is 3. The van der Waals surface area contributed by atoms with E-state index >= 15 is 0 Å². The van der Waals surface area contributed by atoms with Crippen LogP contribution in [0.1, 0.15) is 5.56 Å². The lowest BCUT2D eigenvalue weighted by molar-refractivity contribution is -0.137. The first kappa shape index (κ1) is 11.4. The molecule has 0 unspecified atom stereocenters. The Balaban J connectivity index is 3.02. The molecular weight excluding hydrogens is 240 g/mol. The zero-order valence-corrected chi connectivity index (χ0v) is 8.13. The standard InChI is InChI=1S/C7H5Cl2F3N2/c8-6-3-4(13-14-9)1-2-5(6)7(10,11)12/h1-3,13-14H. The van der Waals surface area contributed by atoms with Crippen LogP contribution in [0.15, 0.2) is 18.2 Å². The highest BCUT2D eigenvalue weighted by Crippen LogP contribution is 2.35. The maximum Gasteiger partial charge on any atom is 0.417 e. The molecule has 7 heteroatoms. The van der Waals surface area contributed by atoms with Gasteiger partial charge in [-0.3, -0.25) is 0 Å². The van der Waals surface area contributed by atoms with Crippen molar-refractivity contribution in [1.29, 1.82) is 0 Å². The first-order valence-electron chi connectivity index (χ1n) is 3.43. The lowest BCUT2D eigenvalue weighted by Gasteiger charge is -2.10. The highest BCUT2D eigenvalue weighted by molar-refractivity contribution is 6.31. The second-order valence-electron chi connectivity index (χ2n) is 2.41. The lowest BCUT2D eigenvalue weighted by Crippen LogP contribution is -2.10. The van der Waals surface area contributed by atoms with Gasteiger partial charge in [0.1, 0.15) is 0 Å². The number of rotatable bonds is 2. The van der Waals surface area contributed by atoms with Crippen LogP contribution < -0.4 is 10.4 Å². The number of hydrogen-bond donors (Lipinski definition) is 2. The zero-order valence-electron chi connectivity index (χ0n) is 6.62. The smallest absolute Gasteiger partial charge is 0.308 e. The van der Waals surface area contributed by atoms with Crippen LogP contribution in [0.3, 0.4) is 0 Å². The molecule has 0 spiro atoms. The molecule has 0 radical (unpaired) electrons. The van der Waals surface area contributed by atoms with E-state index in [0.29, 0.717) is 5.69 Å². The average molecular weight is 245 g/mol. The van der Waals surface area contributed by atoms with Gasteiger partial charge in [0.05, 0.1) is 16.3 Å². The van der Waals surface area contributed by atoms with Gasteiger partial charge in [0.25, 0.3) is 0 Å². The van der Waals surface area contributed by atoms with Crippen molar-refractivity contribution < 1.29 is 13.2 Å². The third-order valence-corrected chi connectivity index (χ3v) is 1.87. The van der Waals surface area contributed by atoms with E-state index in [1.807, 2.05) is 0 Å². The maximum atomic E-state index is 12.2. The number of nitrogens with one attached hydrogen (secondary N) is 2. The molecule has 0 fully saturated rings. The van der Waals surface area contributed by atoms with Crippen LogP contribution in [-0.4, -0.2) is 0 Å². The molecule has 1 aromatic rings. The monoisotopic (exact) mass is 244 g/mol. The van der Waals surface area contributed by atoms with Gasteiger partial charge in [-0.15, -0.1) is 4.94 Å². The molecule has 0 aromatic heterocycles. The molecule has 1 rings (SSSR count). The highest BCUT2D eigenvalue weighted by atomic mass is 35.5. The number of hydrazine groups is 1. The van der Waals surface area contributed by atoms with Crippen molar-refractivity contribution in [3.05, 3.63) is 28.8 Å². The summed E-state index contributed by atoms with van der Waals surface area (Å²) in [6.07, 6.45) is -4.44. The number of anilines is 1. The van der Waals surface area contributed by atoms with Crippen LogP contribution >= 0.6 is 23.4 Å². The molecule has 0 amide bonds. The molecule has 2 N–H and O–H groups in total. The quantitative estimate of drug-likeness (QED) is 0.616. The summed E-state index contributed by atoms with van der Waals surface area (Å²) in [5, 5.41) is -0.380. The van der Waals surface area contributed by atoms with E-state index in [1.165, 1.54) is 6.07 Å². The minimum absolute atomic E-state index is 0.345. The zero-order chi connectivity index (χ0) is 10.8. The molecular formula is C7H5Cl2F3N2. The first-order valence-corrected chi connectivity index (χ1v) is 4.19. The van der Waals surface area contributed by atoms with Gasteiger partial charge in [-0.25, -0.2) is 0 Å². The van der Waals surface area contributed by atoms with Crippen molar-refractivity contribution in [3.63, 3.8) is 0 Å². The Bertz CT molecular complexity index is 327. The Morgan fingerprint density at radius 2 is 1.86 bits per heavy atom. The molecule has 0 bridgehead atoms. The van der Waals surface area contributed by atoms with E-state index in [9.17, 15) is 13.2 Å². The Morgan fingerprint density at radius 1 is 1.21 bits per heavy atom. The molecule has 0 saturated carbocycles. The largest absolute Gasteiger partial charge is 0.417 e. The summed E-state index contributed by atoms with van der Waals surface area (Å²) < 4.78 is 36.7. The van der Waals surface area contributed by atoms with Crippen molar-refractivity contribution in [2.24, 2.45) is 0 Å². The minimum Gasteiger partial charge on any atom is -0.308 e. The van der Waals surface area contributed by atoms with Crippen molar-refractivity contribution in [1.82, 2.24) is 4.94 Å². The molecule has 0 aliphatic carbocycles. The SMILES string of the molecule is FC(F)(F)c1ccc(NNCl)cc1Cl. The van der Waals surface area contributed by atoms with Crippen LogP contribution in [0, 0.1) is 0 Å². The third-order valence-electron chi connectivity index (χ3n) is 1.47. The fourth-order valence-corrected chi connectivity index (χ4v) is 1.27. The number of halogens is 5. The maximum absolute atomic E-state index is 12.2. The number of benzene rings is 1. The lowest BCUT2D eigenvalue weighted by atomic mass is 10.2. The minimum atomic E-state index is -4.44. The van der Waals surface area contributed by atoms with Crippen LogP contribution in [0.4, 0.5) is 18.9 Å². The van der Waals surface area contributed by atoms with Crippen LogP contribution in [0.25, 0.3) is 0 Å². The highest BCUT2D eigenvalue weighted by Gasteiger charge is 2.32. The van der Waals surface area contributed by atoms with Crippen molar-refractivity contribution in [3.8, 4) is 0 Å². The molecule has 1 aromatic carbocycles. The topological polar surface area (TPSA) is 24.1 Å². The van der Waals surface area contributed by atoms with Gasteiger partial charge in [-0.1, -0.05) is 11.6 Å². The van der Waals surface area contributed by atoms with Crippen molar-refractivity contribution in [2.45, 2.75) is 6.18 Å². The number of hydrogen-bond acceptors (Lipinski definition) is 2. The van der Waals surface area contributed by atoms with Gasteiger partial charge in [0.2, 0.25) is 0 Å². The predicted octanol–water partition coefficient (Wildman–Crippen LogP) is 3.43. The van der Waals surface area contributed by atoms with E-state index < -0.39 is 11.7 Å². The van der Waals surface area contributed by atoms with Gasteiger partial charge in [-0.2, -0.15) is 13.2 Å². The summed E-state index contributed by atoms with van der Waals surface area (Å²) in [7, 11) is 0. The van der Waals surface area contributed by atoms with Gasteiger partial charge in [0, 0.05) is 0 Å². The summed E-state index contributed by atoms with van der Waals surface area (Å²) in [6.45, 7) is 0. The Morgan fingerprint density at radius 3 is 2.29 bits per heavy atom. The first-order chi connectivity index (χ1) is 6.45. The fourth-order valence-electron chi connectivity index (χ4n) is 0.877. The molecule has 2 nitrogen and oxygen atoms in total. The summed E-state index contributed by atoms with van der Waals surface area (Å²) in [6, 6.07) is 3.21. The normalized spacial score (nSPS) is 11.5. The Labute approximate surface area is 88.1 Å². The van der Waals surface area contributed by atoms with Crippen LogP contribution in [0.2, 0.25) is 5.02 Å². The second kappa shape index (κ2) is 4.25. The second-order valence-corrected chi connectivity index (χ2v) is 3.01. The fraction of sp³-hybridized carbons (Fsp3) is 0.143.